The van der Waals surface area contributed by atoms with Gasteiger partial charge in [0.15, 0.2) is 0 Å². The molecule has 5 heteroatoms. The van der Waals surface area contributed by atoms with E-state index in [2.05, 4.69) is 0 Å². The van der Waals surface area contributed by atoms with Gasteiger partial charge in [-0.2, -0.15) is 0 Å². The van der Waals surface area contributed by atoms with Gasteiger partial charge in [0.05, 0.1) is 6.61 Å². The molecule has 1 heterocycles. The van der Waals surface area contributed by atoms with Crippen molar-refractivity contribution in [2.24, 2.45) is 0 Å². The maximum Gasteiger partial charge on any atom is 0.342 e. The Bertz CT molecular complexity index is 450. The molecule has 0 atom stereocenters. The molecule has 1 aliphatic rings. The van der Waals surface area contributed by atoms with Gasteiger partial charge in [0, 0.05) is 16.7 Å². The standard InChI is InChI=1S/C10H10O5/c1-4-8(12)5(2-11)6-3-15-10(14)7(6)9(4)13/h11-13H,2-3H2,1H3. The molecule has 1 aromatic rings. The number of aliphatic hydroxyl groups is 1. The van der Waals surface area contributed by atoms with E-state index in [-0.39, 0.29) is 34.8 Å². The van der Waals surface area contributed by atoms with Crippen molar-refractivity contribution in [1.29, 1.82) is 0 Å². The lowest BCUT2D eigenvalue weighted by Crippen LogP contribution is -2.00. The molecule has 0 radical (unpaired) electrons. The second-order valence-electron chi connectivity index (χ2n) is 3.39. The number of benzene rings is 1. The smallest absolute Gasteiger partial charge is 0.342 e. The molecule has 80 valence electrons. The van der Waals surface area contributed by atoms with Crippen LogP contribution in [0.15, 0.2) is 0 Å². The summed E-state index contributed by atoms with van der Waals surface area (Å²) in [5, 5.41) is 28.4. The van der Waals surface area contributed by atoms with Gasteiger partial charge < -0.3 is 20.1 Å². The molecule has 0 spiro atoms. The van der Waals surface area contributed by atoms with Crippen LogP contribution in [-0.4, -0.2) is 21.3 Å². The van der Waals surface area contributed by atoms with Crippen molar-refractivity contribution >= 4 is 5.97 Å². The molecule has 3 N–H and O–H groups in total. The molecule has 1 aromatic carbocycles. The minimum atomic E-state index is -0.625. The number of aromatic hydroxyl groups is 2. The van der Waals surface area contributed by atoms with Crippen molar-refractivity contribution in [2.75, 3.05) is 0 Å². The Labute approximate surface area is 85.5 Å². The number of fused-ring (bicyclic) bond motifs is 1. The quantitative estimate of drug-likeness (QED) is 0.590. The van der Waals surface area contributed by atoms with Gasteiger partial charge in [0.1, 0.15) is 23.7 Å². The molecular formula is C10H10O5. The zero-order chi connectivity index (χ0) is 11.2. The molecule has 0 saturated carbocycles. The van der Waals surface area contributed by atoms with E-state index in [1.165, 1.54) is 6.92 Å². The molecule has 0 aliphatic carbocycles. The maximum absolute atomic E-state index is 11.3. The molecular weight excluding hydrogens is 200 g/mol. The average Bonchev–Trinajstić information content (AvgIpc) is 2.58. The van der Waals surface area contributed by atoms with Crippen LogP contribution in [0.4, 0.5) is 0 Å². The molecule has 0 aromatic heterocycles. The topological polar surface area (TPSA) is 87.0 Å². The zero-order valence-electron chi connectivity index (χ0n) is 8.07. The predicted molar refractivity (Wildman–Crippen MR) is 49.6 cm³/mol. The molecule has 15 heavy (non-hydrogen) atoms. The Kier molecular flexibility index (Phi) is 2.04. The van der Waals surface area contributed by atoms with Crippen molar-refractivity contribution in [3.05, 3.63) is 22.3 Å². The number of aliphatic hydroxyl groups excluding tert-OH is 1. The van der Waals surface area contributed by atoms with E-state index in [1.54, 1.807) is 0 Å². The summed E-state index contributed by atoms with van der Waals surface area (Å²) >= 11 is 0. The largest absolute Gasteiger partial charge is 0.507 e. The van der Waals surface area contributed by atoms with E-state index >= 15 is 0 Å². The fourth-order valence-electron chi connectivity index (χ4n) is 1.72. The lowest BCUT2D eigenvalue weighted by Gasteiger charge is -2.11. The molecule has 0 saturated heterocycles. The van der Waals surface area contributed by atoms with Gasteiger partial charge in [-0.15, -0.1) is 0 Å². The molecule has 5 nitrogen and oxygen atoms in total. The highest BCUT2D eigenvalue weighted by molar-refractivity contribution is 5.97. The third-order valence-corrected chi connectivity index (χ3v) is 2.61. The van der Waals surface area contributed by atoms with E-state index in [4.69, 9.17) is 9.84 Å². The summed E-state index contributed by atoms with van der Waals surface area (Å²) < 4.78 is 4.74. The lowest BCUT2D eigenvalue weighted by atomic mass is 9.97. The highest BCUT2D eigenvalue weighted by Gasteiger charge is 2.31. The summed E-state index contributed by atoms with van der Waals surface area (Å²) in [7, 11) is 0. The first-order chi connectivity index (χ1) is 7.07. The Morgan fingerprint density at radius 2 is 2.00 bits per heavy atom. The third kappa shape index (κ3) is 1.16. The third-order valence-electron chi connectivity index (χ3n) is 2.61. The SMILES string of the molecule is Cc1c(O)c(CO)c2c(c1O)C(=O)OC2. The Balaban J connectivity index is 2.81. The summed E-state index contributed by atoms with van der Waals surface area (Å²) in [5.74, 6) is -1.09. The van der Waals surface area contributed by atoms with E-state index < -0.39 is 12.6 Å². The van der Waals surface area contributed by atoms with Gasteiger partial charge in [-0.05, 0) is 6.92 Å². The van der Waals surface area contributed by atoms with Crippen LogP contribution in [0.1, 0.15) is 27.0 Å². The highest BCUT2D eigenvalue weighted by Crippen LogP contribution is 2.40. The van der Waals surface area contributed by atoms with E-state index in [1.807, 2.05) is 0 Å². The second kappa shape index (κ2) is 3.13. The highest BCUT2D eigenvalue weighted by atomic mass is 16.5. The zero-order valence-corrected chi connectivity index (χ0v) is 8.07. The van der Waals surface area contributed by atoms with Gasteiger partial charge in [0.2, 0.25) is 0 Å². The number of cyclic esters (lactones) is 1. The van der Waals surface area contributed by atoms with E-state index in [0.717, 1.165) is 0 Å². The first kappa shape index (κ1) is 9.79. The summed E-state index contributed by atoms with van der Waals surface area (Å²) in [6.07, 6.45) is 0. The van der Waals surface area contributed by atoms with Crippen LogP contribution in [0.25, 0.3) is 0 Å². The first-order valence-corrected chi connectivity index (χ1v) is 4.42. The number of phenols is 2. The fraction of sp³-hybridized carbons (Fsp3) is 0.300. The number of esters is 1. The minimum Gasteiger partial charge on any atom is -0.507 e. The first-order valence-electron chi connectivity index (χ1n) is 4.42. The molecule has 0 fully saturated rings. The summed E-state index contributed by atoms with van der Waals surface area (Å²) in [4.78, 5) is 11.3. The van der Waals surface area contributed by atoms with Gasteiger partial charge >= 0.3 is 5.97 Å². The number of hydrogen-bond donors (Lipinski definition) is 3. The van der Waals surface area contributed by atoms with Crippen LogP contribution in [-0.2, 0) is 18.0 Å². The number of ether oxygens (including phenoxy) is 1. The van der Waals surface area contributed by atoms with Crippen LogP contribution in [0, 0.1) is 6.92 Å². The number of rotatable bonds is 1. The van der Waals surface area contributed by atoms with Crippen molar-refractivity contribution in [3.63, 3.8) is 0 Å². The fourth-order valence-corrected chi connectivity index (χ4v) is 1.72. The minimum absolute atomic E-state index is 0.0224. The number of phenolic OH excluding ortho intramolecular Hbond substituents is 1. The molecule has 0 amide bonds. The van der Waals surface area contributed by atoms with Crippen molar-refractivity contribution in [2.45, 2.75) is 20.1 Å². The second-order valence-corrected chi connectivity index (χ2v) is 3.39. The summed E-state index contributed by atoms with van der Waals surface area (Å²) in [6.45, 7) is 1.05. The lowest BCUT2D eigenvalue weighted by molar-refractivity contribution is 0.0532. The van der Waals surface area contributed by atoms with Crippen LogP contribution in [0.3, 0.4) is 0 Å². The van der Waals surface area contributed by atoms with Crippen molar-refractivity contribution in [3.8, 4) is 11.5 Å². The van der Waals surface area contributed by atoms with E-state index in [9.17, 15) is 15.0 Å². The number of carbonyl (C=O) groups excluding carboxylic acids is 1. The summed E-state index contributed by atoms with van der Waals surface area (Å²) in [6, 6.07) is 0. The molecule has 2 rings (SSSR count). The molecule has 1 aliphatic heterocycles. The predicted octanol–water partition coefficient (Wildman–Crippen LogP) is 0.569. The summed E-state index contributed by atoms with van der Waals surface area (Å²) in [5.41, 5.74) is 0.834. The Hall–Kier alpha value is -1.75. The van der Waals surface area contributed by atoms with Crippen molar-refractivity contribution < 1.29 is 24.9 Å². The van der Waals surface area contributed by atoms with E-state index in [0.29, 0.717) is 5.56 Å². The van der Waals surface area contributed by atoms with Crippen LogP contribution in [0.5, 0.6) is 11.5 Å². The normalized spacial score (nSPS) is 13.9. The number of hydrogen-bond acceptors (Lipinski definition) is 5. The van der Waals surface area contributed by atoms with Crippen LogP contribution >= 0.6 is 0 Å². The van der Waals surface area contributed by atoms with Gasteiger partial charge in [-0.1, -0.05) is 0 Å². The average molecular weight is 210 g/mol. The Morgan fingerprint density at radius 3 is 2.60 bits per heavy atom. The molecule has 0 unspecified atom stereocenters. The van der Waals surface area contributed by atoms with Gasteiger partial charge in [-0.25, -0.2) is 4.79 Å². The Morgan fingerprint density at radius 1 is 1.33 bits per heavy atom. The van der Waals surface area contributed by atoms with Crippen LogP contribution in [0.2, 0.25) is 0 Å². The van der Waals surface area contributed by atoms with Gasteiger partial charge in [-0.3, -0.25) is 0 Å². The monoisotopic (exact) mass is 210 g/mol. The van der Waals surface area contributed by atoms with Crippen LogP contribution < -0.4 is 0 Å². The molecule has 0 bridgehead atoms. The maximum atomic E-state index is 11.3. The number of carbonyl (C=O) groups is 1. The van der Waals surface area contributed by atoms with Crippen molar-refractivity contribution in [1.82, 2.24) is 0 Å². The van der Waals surface area contributed by atoms with Gasteiger partial charge in [0.25, 0.3) is 0 Å².